The first-order chi connectivity index (χ1) is 16.9. The van der Waals surface area contributed by atoms with Crippen LogP contribution in [0.1, 0.15) is 40.0 Å². The number of carbonyl (C=O) groups excluding carboxylic acids is 1. The molecule has 2 aliphatic heterocycles. The highest BCUT2D eigenvalue weighted by Gasteiger charge is 2.36. The predicted molar refractivity (Wildman–Crippen MR) is 147 cm³/mol. The van der Waals surface area contributed by atoms with Gasteiger partial charge in [-0.3, -0.25) is 9.59 Å². The molecule has 3 atom stereocenters. The highest BCUT2D eigenvalue weighted by atomic mass is 32.2. The van der Waals surface area contributed by atoms with Crippen LogP contribution in [0.25, 0.3) is 0 Å². The summed E-state index contributed by atoms with van der Waals surface area (Å²) < 4.78 is 2.66. The molecule has 1 amide bonds. The van der Waals surface area contributed by atoms with E-state index >= 15 is 0 Å². The number of benzene rings is 2. The van der Waals surface area contributed by atoms with Gasteiger partial charge in [0.25, 0.3) is 5.56 Å². The molecule has 1 saturated heterocycles. The van der Waals surface area contributed by atoms with Crippen molar-refractivity contribution in [1.82, 2.24) is 9.47 Å². The Morgan fingerprint density at radius 3 is 2.60 bits per heavy atom. The second-order valence-corrected chi connectivity index (χ2v) is 11.3. The lowest BCUT2D eigenvalue weighted by Crippen LogP contribution is -2.48. The first kappa shape index (κ1) is 23.8. The lowest BCUT2D eigenvalue weighted by molar-refractivity contribution is -0.115. The SMILES string of the molecule is Cc1ccc(NC(=O)[C@H](SC(=S)N2C[C@H]3C[C@@H](C2)c2cccc(=O)n2C3)c2ccccc2)c(C)c1. The van der Waals surface area contributed by atoms with E-state index in [0.717, 1.165) is 58.4 Å². The van der Waals surface area contributed by atoms with Crippen LogP contribution in [0.2, 0.25) is 0 Å². The van der Waals surface area contributed by atoms with Crippen molar-refractivity contribution < 1.29 is 4.79 Å². The Kier molecular flexibility index (Phi) is 6.80. The Balaban J connectivity index is 1.36. The van der Waals surface area contributed by atoms with Crippen LogP contribution in [0.3, 0.4) is 0 Å². The summed E-state index contributed by atoms with van der Waals surface area (Å²) in [6, 6.07) is 21.4. The molecule has 3 heterocycles. The number of piperidine rings is 1. The summed E-state index contributed by atoms with van der Waals surface area (Å²) in [5.74, 6) is 0.567. The summed E-state index contributed by atoms with van der Waals surface area (Å²) >= 11 is 7.36. The molecule has 2 bridgehead atoms. The highest BCUT2D eigenvalue weighted by Crippen LogP contribution is 2.39. The van der Waals surface area contributed by atoms with Gasteiger partial charge in [0, 0.05) is 43.0 Å². The number of nitrogens with zero attached hydrogens (tertiary/aromatic N) is 2. The summed E-state index contributed by atoms with van der Waals surface area (Å²) in [7, 11) is 0. The normalized spacial score (nSPS) is 19.5. The summed E-state index contributed by atoms with van der Waals surface area (Å²) in [6.07, 6.45) is 1.07. The smallest absolute Gasteiger partial charge is 0.250 e. The maximum absolute atomic E-state index is 13.5. The van der Waals surface area contributed by atoms with Crippen molar-refractivity contribution in [2.75, 3.05) is 18.4 Å². The zero-order chi connectivity index (χ0) is 24.5. The molecule has 1 fully saturated rings. The molecule has 2 aromatic carbocycles. The third-order valence-electron chi connectivity index (χ3n) is 6.94. The molecule has 7 heteroatoms. The zero-order valence-electron chi connectivity index (χ0n) is 19.9. The largest absolute Gasteiger partial charge is 0.356 e. The third-order valence-corrected chi connectivity index (χ3v) is 8.67. The molecule has 0 aliphatic carbocycles. The van der Waals surface area contributed by atoms with Crippen molar-refractivity contribution in [3.8, 4) is 0 Å². The molecular formula is C28H29N3O2S2. The predicted octanol–water partition coefficient (Wildman–Crippen LogP) is 5.28. The fourth-order valence-electron chi connectivity index (χ4n) is 5.27. The number of anilines is 1. The van der Waals surface area contributed by atoms with E-state index < -0.39 is 5.25 Å². The molecule has 1 N–H and O–H groups in total. The summed E-state index contributed by atoms with van der Waals surface area (Å²) in [5, 5.41) is 2.67. The number of thiocarbonyl (C=S) groups is 1. The van der Waals surface area contributed by atoms with Gasteiger partial charge >= 0.3 is 0 Å². The van der Waals surface area contributed by atoms with Crippen LogP contribution in [0.5, 0.6) is 0 Å². The molecule has 0 radical (unpaired) electrons. The van der Waals surface area contributed by atoms with Gasteiger partial charge in [-0.05, 0) is 49.4 Å². The van der Waals surface area contributed by atoms with Gasteiger partial charge in [-0.2, -0.15) is 0 Å². The van der Waals surface area contributed by atoms with Gasteiger partial charge < -0.3 is 14.8 Å². The molecule has 5 nitrogen and oxygen atoms in total. The van der Waals surface area contributed by atoms with E-state index in [-0.39, 0.29) is 17.4 Å². The van der Waals surface area contributed by atoms with E-state index in [9.17, 15) is 9.59 Å². The number of aryl methyl sites for hydroxylation is 2. The number of aromatic nitrogens is 1. The minimum Gasteiger partial charge on any atom is -0.356 e. The minimum absolute atomic E-state index is 0.0785. The molecule has 35 heavy (non-hydrogen) atoms. The first-order valence-corrected chi connectivity index (χ1v) is 13.3. The van der Waals surface area contributed by atoms with Crippen molar-refractivity contribution in [2.24, 2.45) is 5.92 Å². The summed E-state index contributed by atoms with van der Waals surface area (Å²) in [4.78, 5) is 28.1. The Hall–Kier alpha value is -2.90. The highest BCUT2D eigenvalue weighted by molar-refractivity contribution is 8.23. The number of hydrogen-bond donors (Lipinski definition) is 1. The van der Waals surface area contributed by atoms with Gasteiger partial charge in [0.15, 0.2) is 0 Å². The average Bonchev–Trinajstić information content (AvgIpc) is 2.85. The minimum atomic E-state index is -0.457. The van der Waals surface area contributed by atoms with E-state index in [1.807, 2.05) is 66.9 Å². The quantitative estimate of drug-likeness (QED) is 0.491. The average molecular weight is 504 g/mol. The van der Waals surface area contributed by atoms with Gasteiger partial charge in [-0.15, -0.1) is 0 Å². The number of thioether (sulfide) groups is 1. The number of nitrogens with one attached hydrogen (secondary N) is 1. The topological polar surface area (TPSA) is 54.3 Å². The van der Waals surface area contributed by atoms with E-state index in [4.69, 9.17) is 12.2 Å². The number of pyridine rings is 1. The van der Waals surface area contributed by atoms with E-state index in [0.29, 0.717) is 5.92 Å². The Bertz CT molecular complexity index is 1320. The molecule has 180 valence electrons. The molecule has 5 rings (SSSR count). The lowest BCUT2D eigenvalue weighted by Gasteiger charge is -2.43. The number of amides is 1. The zero-order valence-corrected chi connectivity index (χ0v) is 21.6. The maximum atomic E-state index is 13.5. The van der Waals surface area contributed by atoms with Crippen LogP contribution >= 0.6 is 24.0 Å². The van der Waals surface area contributed by atoms with Crippen molar-refractivity contribution in [1.29, 1.82) is 0 Å². The van der Waals surface area contributed by atoms with Crippen LogP contribution in [-0.4, -0.2) is 32.8 Å². The van der Waals surface area contributed by atoms with Crippen molar-refractivity contribution in [2.45, 2.75) is 38.0 Å². The Morgan fingerprint density at radius 1 is 1.03 bits per heavy atom. The molecular weight excluding hydrogens is 474 g/mol. The van der Waals surface area contributed by atoms with Crippen LogP contribution in [0, 0.1) is 19.8 Å². The van der Waals surface area contributed by atoms with Crippen molar-refractivity contribution in [3.63, 3.8) is 0 Å². The van der Waals surface area contributed by atoms with E-state index in [1.165, 1.54) is 11.8 Å². The van der Waals surface area contributed by atoms with Gasteiger partial charge in [-0.1, -0.05) is 78.1 Å². The number of rotatable bonds is 4. The fraction of sp³-hybridized carbons (Fsp3) is 0.321. The Morgan fingerprint density at radius 2 is 1.83 bits per heavy atom. The Labute approximate surface area is 215 Å². The standard InChI is InChI=1S/C28H29N3O2S2/c1-18-11-12-23(19(2)13-18)29-27(33)26(21-7-4-3-5-8-21)35-28(34)30-15-20-14-22(17-30)24-9-6-10-25(32)31(24)16-20/h3-13,20,22,26H,14-17H2,1-2H3,(H,29,33)/t20-,22+,26-/m1/s1. The van der Waals surface area contributed by atoms with Gasteiger partial charge in [-0.25, -0.2) is 0 Å². The number of fused-ring (bicyclic) bond motifs is 4. The van der Waals surface area contributed by atoms with Crippen molar-refractivity contribution >= 4 is 39.9 Å². The van der Waals surface area contributed by atoms with Crippen LogP contribution < -0.4 is 10.9 Å². The van der Waals surface area contributed by atoms with Crippen LogP contribution in [0.4, 0.5) is 5.69 Å². The monoisotopic (exact) mass is 503 g/mol. The van der Waals surface area contributed by atoms with Gasteiger partial charge in [0.05, 0.1) is 0 Å². The van der Waals surface area contributed by atoms with Crippen molar-refractivity contribution in [3.05, 3.63) is 99.5 Å². The molecule has 0 unspecified atom stereocenters. The second kappa shape index (κ2) is 9.99. The molecule has 0 spiro atoms. The molecule has 3 aromatic rings. The van der Waals surface area contributed by atoms with Gasteiger partial charge in [0.2, 0.25) is 5.91 Å². The number of hydrogen-bond acceptors (Lipinski definition) is 4. The van der Waals surface area contributed by atoms with E-state index in [1.54, 1.807) is 6.07 Å². The summed E-state index contributed by atoms with van der Waals surface area (Å²) in [6.45, 7) is 6.36. The lowest BCUT2D eigenvalue weighted by atomic mass is 9.83. The maximum Gasteiger partial charge on any atom is 0.250 e. The van der Waals surface area contributed by atoms with E-state index in [2.05, 4.69) is 22.3 Å². The van der Waals surface area contributed by atoms with Crippen LogP contribution in [0.15, 0.2) is 71.5 Å². The van der Waals surface area contributed by atoms with Crippen LogP contribution in [-0.2, 0) is 11.3 Å². The third kappa shape index (κ3) is 5.07. The molecule has 2 aliphatic rings. The number of carbonyl (C=O) groups is 1. The first-order valence-electron chi connectivity index (χ1n) is 12.0. The van der Waals surface area contributed by atoms with Gasteiger partial charge in [0.1, 0.15) is 9.57 Å². The summed E-state index contributed by atoms with van der Waals surface area (Å²) in [5.41, 5.74) is 5.12. The fourth-order valence-corrected chi connectivity index (χ4v) is 6.67. The number of likely N-dealkylation sites (tertiary alicyclic amines) is 1. The second-order valence-electron chi connectivity index (χ2n) is 9.59. The molecule has 1 aromatic heterocycles. The molecule has 0 saturated carbocycles.